The molecule has 1 saturated heterocycles. The molecule has 2 unspecified atom stereocenters. The number of rotatable bonds is 5. The first-order valence-corrected chi connectivity index (χ1v) is 7.69. The summed E-state index contributed by atoms with van der Waals surface area (Å²) in [7, 11) is 0. The van der Waals surface area contributed by atoms with Gasteiger partial charge in [-0.3, -0.25) is 19.3 Å². The maximum atomic E-state index is 12.9. The molecule has 1 aromatic carbocycles. The molecule has 0 bridgehead atoms. The molecular formula is C17H21FNNaO4. The third-order valence-electron chi connectivity index (χ3n) is 3.98. The number of amides is 2. The van der Waals surface area contributed by atoms with Crippen LogP contribution in [0.25, 0.3) is 0 Å². The van der Waals surface area contributed by atoms with Crippen molar-refractivity contribution in [1.82, 2.24) is 4.90 Å². The summed E-state index contributed by atoms with van der Waals surface area (Å²) in [6.45, 7) is 3.74. The van der Waals surface area contributed by atoms with E-state index in [0.29, 0.717) is 6.42 Å². The van der Waals surface area contributed by atoms with Gasteiger partial charge >= 0.3 is 35.5 Å². The average molecular weight is 345 g/mol. The van der Waals surface area contributed by atoms with Gasteiger partial charge in [-0.25, -0.2) is 4.39 Å². The van der Waals surface area contributed by atoms with Crippen molar-refractivity contribution in [3.8, 4) is 0 Å². The Hall–Kier alpha value is -1.24. The van der Waals surface area contributed by atoms with Crippen molar-refractivity contribution in [1.29, 1.82) is 0 Å². The van der Waals surface area contributed by atoms with E-state index in [2.05, 4.69) is 0 Å². The summed E-state index contributed by atoms with van der Waals surface area (Å²) >= 11 is 0. The number of piperidine rings is 1. The number of ether oxygens (including phenoxy) is 1. The minimum absolute atomic E-state index is 0. The van der Waals surface area contributed by atoms with Crippen molar-refractivity contribution < 1.29 is 54.5 Å². The SMILES string of the molecule is CCOC(=O)C1C(=O)N(CCc2ccc(F)cc2)C(=O)CC1C.[H-].[Na+]. The molecule has 2 amide bonds. The van der Waals surface area contributed by atoms with Crippen molar-refractivity contribution in [2.24, 2.45) is 11.8 Å². The molecule has 2 rings (SSSR count). The molecule has 1 heterocycles. The van der Waals surface area contributed by atoms with E-state index in [4.69, 9.17) is 4.74 Å². The summed E-state index contributed by atoms with van der Waals surface area (Å²) in [5.41, 5.74) is 0.818. The maximum absolute atomic E-state index is 12.9. The van der Waals surface area contributed by atoms with Gasteiger partial charge in [-0.05, 0) is 37.0 Å². The third-order valence-corrected chi connectivity index (χ3v) is 3.98. The van der Waals surface area contributed by atoms with Crippen LogP contribution in [0.1, 0.15) is 27.3 Å². The number of hydrogen-bond donors (Lipinski definition) is 0. The van der Waals surface area contributed by atoms with Crippen molar-refractivity contribution in [3.05, 3.63) is 35.6 Å². The minimum Gasteiger partial charge on any atom is -1.00 e. The average Bonchev–Trinajstić information content (AvgIpc) is 2.48. The Balaban J connectivity index is 0.00000288. The van der Waals surface area contributed by atoms with Gasteiger partial charge in [0.1, 0.15) is 11.7 Å². The van der Waals surface area contributed by atoms with Crippen molar-refractivity contribution >= 4 is 17.8 Å². The summed E-state index contributed by atoms with van der Waals surface area (Å²) in [4.78, 5) is 37.7. The predicted octanol–water partition coefficient (Wildman–Crippen LogP) is -0.941. The first-order valence-electron chi connectivity index (χ1n) is 7.69. The van der Waals surface area contributed by atoms with Crippen LogP contribution in [0.15, 0.2) is 24.3 Å². The monoisotopic (exact) mass is 345 g/mol. The van der Waals surface area contributed by atoms with Crippen LogP contribution < -0.4 is 29.6 Å². The Morgan fingerprint density at radius 3 is 2.54 bits per heavy atom. The molecule has 7 heteroatoms. The Morgan fingerprint density at radius 2 is 1.96 bits per heavy atom. The predicted molar refractivity (Wildman–Crippen MR) is 81.8 cm³/mol. The fourth-order valence-electron chi connectivity index (χ4n) is 2.73. The Kier molecular flexibility index (Phi) is 8.06. The van der Waals surface area contributed by atoms with Crippen LogP contribution in [-0.2, 0) is 25.5 Å². The van der Waals surface area contributed by atoms with Crippen LogP contribution in [-0.4, -0.2) is 35.8 Å². The number of likely N-dealkylation sites (tertiary alicyclic amines) is 1. The topological polar surface area (TPSA) is 63.7 Å². The fourth-order valence-corrected chi connectivity index (χ4v) is 2.73. The summed E-state index contributed by atoms with van der Waals surface area (Å²) in [5, 5.41) is 0. The number of carbonyl (C=O) groups excluding carboxylic acids is 3. The van der Waals surface area contributed by atoms with Gasteiger partial charge < -0.3 is 6.16 Å². The summed E-state index contributed by atoms with van der Waals surface area (Å²) in [5.74, 6) is -3.00. The van der Waals surface area contributed by atoms with Gasteiger partial charge in [-0.2, -0.15) is 0 Å². The van der Waals surface area contributed by atoms with Gasteiger partial charge in [-0.1, -0.05) is 19.1 Å². The van der Waals surface area contributed by atoms with E-state index >= 15 is 0 Å². The Labute approximate surface area is 164 Å². The van der Waals surface area contributed by atoms with Gasteiger partial charge in [0.2, 0.25) is 11.8 Å². The maximum Gasteiger partial charge on any atom is 1.00 e. The summed E-state index contributed by atoms with van der Waals surface area (Å²) in [6.07, 6.45) is 0.556. The molecular weight excluding hydrogens is 324 g/mol. The van der Waals surface area contributed by atoms with Gasteiger partial charge in [-0.15, -0.1) is 0 Å². The molecule has 1 aliphatic heterocycles. The molecule has 24 heavy (non-hydrogen) atoms. The number of halogens is 1. The quantitative estimate of drug-likeness (QED) is 0.299. The van der Waals surface area contributed by atoms with Gasteiger partial charge in [0.25, 0.3) is 0 Å². The van der Waals surface area contributed by atoms with Crippen LogP contribution in [0.5, 0.6) is 0 Å². The molecule has 2 atom stereocenters. The van der Waals surface area contributed by atoms with E-state index in [0.717, 1.165) is 10.5 Å². The van der Waals surface area contributed by atoms with E-state index in [1.165, 1.54) is 12.1 Å². The number of benzene rings is 1. The van der Waals surface area contributed by atoms with Crippen LogP contribution in [0.2, 0.25) is 0 Å². The van der Waals surface area contributed by atoms with E-state index in [9.17, 15) is 18.8 Å². The number of imide groups is 1. The minimum atomic E-state index is -0.930. The van der Waals surface area contributed by atoms with E-state index < -0.39 is 17.8 Å². The summed E-state index contributed by atoms with van der Waals surface area (Å²) in [6, 6.07) is 5.89. The van der Waals surface area contributed by atoms with Crippen LogP contribution in [0, 0.1) is 17.7 Å². The van der Waals surface area contributed by atoms with Crippen LogP contribution >= 0.6 is 0 Å². The van der Waals surface area contributed by atoms with E-state index in [1.807, 2.05) is 0 Å². The number of carbonyl (C=O) groups is 3. The van der Waals surface area contributed by atoms with E-state index in [1.54, 1.807) is 26.0 Å². The van der Waals surface area contributed by atoms with Gasteiger partial charge in [0, 0.05) is 13.0 Å². The first-order chi connectivity index (χ1) is 10.9. The Bertz CT molecular complexity index is 611. The molecule has 0 saturated carbocycles. The Morgan fingerprint density at radius 1 is 1.33 bits per heavy atom. The number of hydrogen-bond acceptors (Lipinski definition) is 4. The standard InChI is InChI=1S/C17H20FNO4.Na.H/c1-3-23-17(22)15-11(2)10-14(20)19(16(15)21)9-8-12-4-6-13(18)7-5-12;;/h4-7,11,15H,3,8-10H2,1-2H3;;/q;+1;-1. The van der Waals surface area contributed by atoms with Gasteiger partial charge in [0.15, 0.2) is 0 Å². The van der Waals surface area contributed by atoms with Gasteiger partial charge in [0.05, 0.1) is 6.61 Å². The molecule has 1 fully saturated rings. The summed E-state index contributed by atoms with van der Waals surface area (Å²) < 4.78 is 17.8. The fraction of sp³-hybridized carbons (Fsp3) is 0.471. The van der Waals surface area contributed by atoms with Crippen LogP contribution in [0.4, 0.5) is 4.39 Å². The van der Waals surface area contributed by atoms with Crippen molar-refractivity contribution in [3.63, 3.8) is 0 Å². The molecule has 0 spiro atoms. The van der Waals surface area contributed by atoms with Crippen LogP contribution in [0.3, 0.4) is 0 Å². The van der Waals surface area contributed by atoms with Crippen molar-refractivity contribution in [2.75, 3.05) is 13.2 Å². The molecule has 5 nitrogen and oxygen atoms in total. The molecule has 0 aliphatic carbocycles. The molecule has 1 aliphatic rings. The molecule has 0 N–H and O–H groups in total. The van der Waals surface area contributed by atoms with E-state index in [-0.39, 0.29) is 68.2 Å². The molecule has 126 valence electrons. The number of nitrogens with zero attached hydrogens (tertiary/aromatic N) is 1. The molecule has 1 aromatic rings. The largest absolute Gasteiger partial charge is 1.00 e. The van der Waals surface area contributed by atoms with Crippen molar-refractivity contribution in [2.45, 2.75) is 26.7 Å². The number of esters is 1. The zero-order valence-electron chi connectivity index (χ0n) is 15.3. The zero-order valence-corrected chi connectivity index (χ0v) is 16.3. The molecule has 0 aromatic heterocycles. The second-order valence-corrected chi connectivity index (χ2v) is 5.67. The normalized spacial score (nSPS) is 20.5. The first kappa shape index (κ1) is 20.8. The second kappa shape index (κ2) is 9.30. The zero-order chi connectivity index (χ0) is 17.0. The third kappa shape index (κ3) is 4.88. The smallest absolute Gasteiger partial charge is 1.00 e. The second-order valence-electron chi connectivity index (χ2n) is 5.67. The molecule has 0 radical (unpaired) electrons.